The van der Waals surface area contributed by atoms with Gasteiger partial charge in [-0.25, -0.2) is 0 Å². The molecule has 0 aliphatic rings. The van der Waals surface area contributed by atoms with Gasteiger partial charge in [0, 0.05) is 12.1 Å². The maximum Gasteiger partial charge on any atom is 0.322 e. The first-order valence-electron chi connectivity index (χ1n) is 7.09. The van der Waals surface area contributed by atoms with E-state index in [4.69, 9.17) is 10.8 Å². The second-order valence-corrected chi connectivity index (χ2v) is 4.89. The molecule has 0 spiro atoms. The van der Waals surface area contributed by atoms with Crippen LogP contribution < -0.4 is 16.4 Å². The molecule has 7 nitrogen and oxygen atoms in total. The van der Waals surface area contributed by atoms with Gasteiger partial charge < -0.3 is 21.5 Å². The fraction of sp³-hybridized carbons (Fsp3) is 0.643. The number of carbonyl (C=O) groups excluding carboxylic acids is 2. The van der Waals surface area contributed by atoms with E-state index in [2.05, 4.69) is 17.2 Å². The molecule has 0 bridgehead atoms. The number of hydrogen-bond acceptors (Lipinski definition) is 4. The molecule has 7 heteroatoms. The lowest BCUT2D eigenvalue weighted by Gasteiger charge is -2.18. The molecule has 0 rings (SSSR count). The first kappa shape index (κ1) is 18.9. The highest BCUT2D eigenvalue weighted by Gasteiger charge is 2.20. The van der Waals surface area contributed by atoms with Crippen LogP contribution in [0.4, 0.5) is 0 Å². The number of carboxylic acid groups (broad SMARTS) is 1. The van der Waals surface area contributed by atoms with Crippen LogP contribution in [0.3, 0.4) is 0 Å². The molecule has 0 saturated heterocycles. The molecular weight excluding hydrogens is 274 g/mol. The van der Waals surface area contributed by atoms with Crippen molar-refractivity contribution in [1.82, 2.24) is 10.6 Å². The van der Waals surface area contributed by atoms with Crippen molar-refractivity contribution >= 4 is 17.8 Å². The average Bonchev–Trinajstić information content (AvgIpc) is 2.39. The van der Waals surface area contributed by atoms with Crippen LogP contribution in [0.2, 0.25) is 0 Å². The number of hydrogen-bond donors (Lipinski definition) is 4. The van der Waals surface area contributed by atoms with Crippen molar-refractivity contribution in [1.29, 1.82) is 0 Å². The highest BCUT2D eigenvalue weighted by Crippen LogP contribution is 2.07. The van der Waals surface area contributed by atoms with Crippen LogP contribution in [-0.2, 0) is 14.4 Å². The van der Waals surface area contributed by atoms with E-state index in [1.807, 2.05) is 6.92 Å². The van der Waals surface area contributed by atoms with Gasteiger partial charge in [0.2, 0.25) is 11.8 Å². The molecule has 0 heterocycles. The highest BCUT2D eigenvalue weighted by molar-refractivity contribution is 5.89. The quantitative estimate of drug-likeness (QED) is 0.414. The third-order valence-electron chi connectivity index (χ3n) is 2.78. The Morgan fingerprint density at radius 2 is 1.90 bits per heavy atom. The molecule has 0 aliphatic carbocycles. The molecule has 5 N–H and O–H groups in total. The minimum Gasteiger partial charge on any atom is -0.480 e. The lowest BCUT2D eigenvalue weighted by Crippen LogP contribution is -2.47. The van der Waals surface area contributed by atoms with Gasteiger partial charge in [-0.05, 0) is 25.7 Å². The van der Waals surface area contributed by atoms with Crippen molar-refractivity contribution in [2.75, 3.05) is 6.54 Å². The van der Waals surface area contributed by atoms with Crippen LogP contribution in [-0.4, -0.2) is 35.5 Å². The van der Waals surface area contributed by atoms with Crippen LogP contribution in [0.15, 0.2) is 12.3 Å². The van der Waals surface area contributed by atoms with E-state index in [1.165, 1.54) is 0 Å². The summed E-state index contributed by atoms with van der Waals surface area (Å²) in [5.41, 5.74) is 6.04. The van der Waals surface area contributed by atoms with Crippen molar-refractivity contribution in [2.45, 2.75) is 51.5 Å². The van der Waals surface area contributed by atoms with Crippen molar-refractivity contribution in [3.05, 3.63) is 12.3 Å². The molecular formula is C14H25N3O4. The SMILES string of the molecule is C=C(N)CCCC[C@@H](NC(=O)CCC)C(=O)NCC(=O)O. The summed E-state index contributed by atoms with van der Waals surface area (Å²) in [5, 5.41) is 13.5. The Labute approximate surface area is 125 Å². The molecule has 21 heavy (non-hydrogen) atoms. The Hall–Kier alpha value is -2.05. The smallest absolute Gasteiger partial charge is 0.322 e. The van der Waals surface area contributed by atoms with E-state index in [0.717, 1.165) is 6.42 Å². The van der Waals surface area contributed by atoms with Gasteiger partial charge in [0.05, 0.1) is 0 Å². The Balaban J connectivity index is 4.38. The average molecular weight is 299 g/mol. The number of nitrogens with one attached hydrogen (secondary N) is 2. The van der Waals surface area contributed by atoms with Crippen molar-refractivity contribution in [2.24, 2.45) is 5.73 Å². The molecule has 0 aromatic carbocycles. The number of carboxylic acids is 1. The summed E-state index contributed by atoms with van der Waals surface area (Å²) < 4.78 is 0. The number of aliphatic carboxylic acids is 1. The number of carbonyl (C=O) groups is 3. The van der Waals surface area contributed by atoms with Crippen LogP contribution in [0.5, 0.6) is 0 Å². The zero-order valence-corrected chi connectivity index (χ0v) is 12.5. The van der Waals surface area contributed by atoms with E-state index in [-0.39, 0.29) is 5.91 Å². The Bertz CT molecular complexity index is 382. The fourth-order valence-electron chi connectivity index (χ4n) is 1.75. The molecule has 1 atom stereocenters. The van der Waals surface area contributed by atoms with Crippen LogP contribution >= 0.6 is 0 Å². The molecule has 0 aromatic heterocycles. The van der Waals surface area contributed by atoms with E-state index >= 15 is 0 Å². The molecule has 0 radical (unpaired) electrons. The van der Waals surface area contributed by atoms with Gasteiger partial charge in [-0.15, -0.1) is 0 Å². The van der Waals surface area contributed by atoms with Crippen LogP contribution in [0.1, 0.15) is 45.4 Å². The van der Waals surface area contributed by atoms with Gasteiger partial charge in [0.15, 0.2) is 0 Å². The van der Waals surface area contributed by atoms with Crippen molar-refractivity contribution in [3.63, 3.8) is 0 Å². The van der Waals surface area contributed by atoms with Crippen LogP contribution in [0.25, 0.3) is 0 Å². The summed E-state index contributed by atoms with van der Waals surface area (Å²) in [6.07, 6.45) is 3.57. The maximum atomic E-state index is 11.9. The lowest BCUT2D eigenvalue weighted by molar-refractivity contribution is -0.138. The molecule has 0 aliphatic heterocycles. The first-order chi connectivity index (χ1) is 9.86. The normalized spacial score (nSPS) is 11.5. The number of nitrogens with two attached hydrogens (primary N) is 1. The van der Waals surface area contributed by atoms with Gasteiger partial charge in [-0.3, -0.25) is 14.4 Å². The predicted molar refractivity (Wildman–Crippen MR) is 79.3 cm³/mol. The minimum atomic E-state index is -1.12. The monoisotopic (exact) mass is 299 g/mol. The van der Waals surface area contributed by atoms with E-state index < -0.39 is 24.5 Å². The third-order valence-corrected chi connectivity index (χ3v) is 2.78. The Kier molecular flexibility index (Phi) is 9.66. The van der Waals surface area contributed by atoms with Gasteiger partial charge in [0.25, 0.3) is 0 Å². The van der Waals surface area contributed by atoms with Gasteiger partial charge in [0.1, 0.15) is 12.6 Å². The zero-order chi connectivity index (χ0) is 16.3. The first-order valence-corrected chi connectivity index (χ1v) is 7.09. The summed E-state index contributed by atoms with van der Waals surface area (Å²) in [6, 6.07) is -0.713. The summed E-state index contributed by atoms with van der Waals surface area (Å²) in [7, 11) is 0. The highest BCUT2D eigenvalue weighted by atomic mass is 16.4. The number of allylic oxidation sites excluding steroid dienone is 1. The standard InChI is InChI=1S/C14H25N3O4/c1-3-6-12(18)17-11(8-5-4-7-10(2)15)14(21)16-9-13(19)20/h11H,2-9,15H2,1H3,(H,16,21)(H,17,18)(H,19,20)/t11-/m1/s1. The lowest BCUT2D eigenvalue weighted by atomic mass is 10.1. The molecule has 120 valence electrons. The summed E-state index contributed by atoms with van der Waals surface area (Å²) in [6.45, 7) is 5.00. The van der Waals surface area contributed by atoms with Crippen molar-refractivity contribution in [3.8, 4) is 0 Å². The summed E-state index contributed by atoms with van der Waals surface area (Å²) >= 11 is 0. The predicted octanol–water partition coefficient (Wildman–Crippen LogP) is 0.505. The third kappa shape index (κ3) is 10.4. The topological polar surface area (TPSA) is 122 Å². The Morgan fingerprint density at radius 1 is 1.24 bits per heavy atom. The van der Waals surface area contributed by atoms with E-state index in [0.29, 0.717) is 37.8 Å². The van der Waals surface area contributed by atoms with Gasteiger partial charge in [-0.2, -0.15) is 0 Å². The van der Waals surface area contributed by atoms with Gasteiger partial charge in [-0.1, -0.05) is 19.9 Å². The van der Waals surface area contributed by atoms with E-state index in [1.54, 1.807) is 0 Å². The number of unbranched alkanes of at least 4 members (excludes halogenated alkanes) is 1. The second-order valence-electron chi connectivity index (χ2n) is 4.89. The summed E-state index contributed by atoms with van der Waals surface area (Å²) in [4.78, 5) is 33.9. The maximum absolute atomic E-state index is 11.9. The fourth-order valence-corrected chi connectivity index (χ4v) is 1.75. The largest absolute Gasteiger partial charge is 0.480 e. The molecule has 0 saturated carbocycles. The van der Waals surface area contributed by atoms with E-state index in [9.17, 15) is 14.4 Å². The van der Waals surface area contributed by atoms with Crippen LogP contribution in [0, 0.1) is 0 Å². The molecule has 0 aromatic rings. The molecule has 2 amide bonds. The summed E-state index contributed by atoms with van der Waals surface area (Å²) in [5.74, 6) is -1.81. The minimum absolute atomic E-state index is 0.212. The zero-order valence-electron chi connectivity index (χ0n) is 12.5. The molecule has 0 fully saturated rings. The Morgan fingerprint density at radius 3 is 2.43 bits per heavy atom. The number of rotatable bonds is 11. The molecule has 0 unspecified atom stereocenters. The van der Waals surface area contributed by atoms with Gasteiger partial charge >= 0.3 is 5.97 Å². The number of amides is 2. The second kappa shape index (κ2) is 10.7. The van der Waals surface area contributed by atoms with Crippen molar-refractivity contribution < 1.29 is 19.5 Å².